The van der Waals surface area contributed by atoms with Crippen LogP contribution in [0.4, 0.5) is 17.3 Å². The minimum Gasteiger partial charge on any atom is -0.329 e. The largest absolute Gasteiger partial charge is 0.329 e. The van der Waals surface area contributed by atoms with E-state index in [4.69, 9.17) is 11.6 Å². The van der Waals surface area contributed by atoms with Crippen LogP contribution in [0.25, 0.3) is 11.0 Å². The highest BCUT2D eigenvalue weighted by Gasteiger charge is 2.36. The summed E-state index contributed by atoms with van der Waals surface area (Å²) in [7, 11) is 0. The summed E-state index contributed by atoms with van der Waals surface area (Å²) in [5, 5.41) is 18.1. The number of allylic oxidation sites excluding steroid dienone is 1. The van der Waals surface area contributed by atoms with Crippen molar-refractivity contribution in [2.24, 2.45) is 0 Å². The van der Waals surface area contributed by atoms with Gasteiger partial charge in [0.2, 0.25) is 5.95 Å². The minimum absolute atomic E-state index is 0.110. The van der Waals surface area contributed by atoms with Crippen molar-refractivity contribution in [3.8, 4) is 0 Å². The molecule has 0 saturated heterocycles. The van der Waals surface area contributed by atoms with E-state index in [9.17, 15) is 14.9 Å². The number of nitro benzene ring substituents is 1. The van der Waals surface area contributed by atoms with Gasteiger partial charge < -0.3 is 10.6 Å². The number of halogens is 1. The number of nitrogens with one attached hydrogen (secondary N) is 2. The topological polar surface area (TPSA) is 102 Å². The molecule has 0 saturated carbocycles. The van der Waals surface area contributed by atoms with Gasteiger partial charge in [0.15, 0.2) is 0 Å². The molecule has 3 aromatic carbocycles. The third-order valence-electron chi connectivity index (χ3n) is 6.18. The number of benzene rings is 3. The molecule has 8 nitrogen and oxygen atoms in total. The number of fused-ring (bicyclic) bond motifs is 3. The molecule has 1 unspecified atom stereocenters. The first-order chi connectivity index (χ1) is 16.9. The highest BCUT2D eigenvalue weighted by molar-refractivity contribution is 6.31. The second-order valence-electron chi connectivity index (χ2n) is 8.33. The Morgan fingerprint density at radius 1 is 1.17 bits per heavy atom. The Bertz CT molecular complexity index is 1510. The molecule has 2 heterocycles. The quantitative estimate of drug-likeness (QED) is 0.262. The summed E-state index contributed by atoms with van der Waals surface area (Å²) < 4.78 is 1.86. The maximum absolute atomic E-state index is 13.7. The number of para-hydroxylation sites is 2. The third kappa shape index (κ3) is 4.02. The van der Waals surface area contributed by atoms with Crippen LogP contribution in [0.15, 0.2) is 78.0 Å². The fourth-order valence-electron chi connectivity index (χ4n) is 4.43. The summed E-state index contributed by atoms with van der Waals surface area (Å²) in [6.45, 7) is 3.85. The van der Waals surface area contributed by atoms with Gasteiger partial charge in [-0.25, -0.2) is 4.98 Å². The molecule has 0 radical (unpaired) electrons. The summed E-state index contributed by atoms with van der Waals surface area (Å²) in [4.78, 5) is 29.5. The molecule has 1 atom stereocenters. The monoisotopic (exact) mass is 487 g/mol. The number of anilines is 2. The summed E-state index contributed by atoms with van der Waals surface area (Å²) in [6, 6.07) is 18.7. The Balaban J connectivity index is 1.68. The highest BCUT2D eigenvalue weighted by Crippen LogP contribution is 2.42. The number of carbonyl (C=O) groups is 1. The van der Waals surface area contributed by atoms with Crippen molar-refractivity contribution < 1.29 is 9.72 Å². The molecule has 176 valence electrons. The number of nitrogens with zero attached hydrogens (tertiary/aromatic N) is 3. The van der Waals surface area contributed by atoms with Gasteiger partial charge in [0.25, 0.3) is 11.6 Å². The first-order valence-electron chi connectivity index (χ1n) is 11.2. The number of non-ortho nitro benzene ring substituents is 1. The number of hydrogen-bond donors (Lipinski definition) is 2. The average molecular weight is 488 g/mol. The van der Waals surface area contributed by atoms with Gasteiger partial charge in [0.05, 0.1) is 27.6 Å². The zero-order valence-corrected chi connectivity index (χ0v) is 19.8. The van der Waals surface area contributed by atoms with Crippen molar-refractivity contribution in [3.05, 3.63) is 104 Å². The number of imidazole rings is 1. The Hall–Kier alpha value is -4.17. The SMILES string of the molecule is CCc1ccc(NC(=O)C2=C(C)Nc3nc4ccccc4n3C2c2cc([N+](=O)[O-])ccc2Cl)cc1. The van der Waals surface area contributed by atoms with Crippen LogP contribution < -0.4 is 10.6 Å². The van der Waals surface area contributed by atoms with Gasteiger partial charge in [-0.3, -0.25) is 19.5 Å². The van der Waals surface area contributed by atoms with E-state index in [2.05, 4.69) is 22.5 Å². The van der Waals surface area contributed by atoms with Gasteiger partial charge in [-0.2, -0.15) is 0 Å². The second-order valence-corrected chi connectivity index (χ2v) is 8.74. The van der Waals surface area contributed by atoms with Crippen molar-refractivity contribution in [2.75, 3.05) is 10.6 Å². The Morgan fingerprint density at radius 3 is 2.63 bits per heavy atom. The molecule has 1 aliphatic rings. The summed E-state index contributed by atoms with van der Waals surface area (Å²) in [5.41, 5.74) is 4.62. The fraction of sp³-hybridized carbons (Fsp3) is 0.154. The number of hydrogen-bond acceptors (Lipinski definition) is 5. The molecule has 9 heteroatoms. The molecular formula is C26H22ClN5O3. The van der Waals surface area contributed by atoms with Crippen molar-refractivity contribution in [3.63, 3.8) is 0 Å². The highest BCUT2D eigenvalue weighted by atomic mass is 35.5. The van der Waals surface area contributed by atoms with E-state index in [-0.39, 0.29) is 11.6 Å². The van der Waals surface area contributed by atoms with Gasteiger partial charge in [-0.05, 0) is 49.2 Å². The van der Waals surface area contributed by atoms with Crippen LogP contribution >= 0.6 is 11.6 Å². The van der Waals surface area contributed by atoms with E-state index >= 15 is 0 Å². The van der Waals surface area contributed by atoms with Crippen LogP contribution in [0.5, 0.6) is 0 Å². The number of aromatic nitrogens is 2. The van der Waals surface area contributed by atoms with Crippen LogP contribution in [0.1, 0.15) is 31.0 Å². The fourth-order valence-corrected chi connectivity index (χ4v) is 4.65. The molecule has 0 fully saturated rings. The maximum Gasteiger partial charge on any atom is 0.269 e. The van der Waals surface area contributed by atoms with E-state index in [1.54, 1.807) is 6.92 Å². The molecule has 1 amide bonds. The lowest BCUT2D eigenvalue weighted by molar-refractivity contribution is -0.384. The van der Waals surface area contributed by atoms with Gasteiger partial charge in [0, 0.05) is 34.1 Å². The molecule has 5 rings (SSSR count). The van der Waals surface area contributed by atoms with Crippen LogP contribution in [0, 0.1) is 10.1 Å². The molecule has 0 aliphatic carbocycles. The van der Waals surface area contributed by atoms with E-state index < -0.39 is 11.0 Å². The first kappa shape index (κ1) is 22.6. The smallest absolute Gasteiger partial charge is 0.269 e. The van der Waals surface area contributed by atoms with E-state index in [0.29, 0.717) is 33.5 Å². The standard InChI is InChI=1S/C26H22ClN5O3/c1-3-16-8-10-17(11-9-16)29-25(33)23-15(2)28-26-30-21-6-4-5-7-22(21)31(26)24(23)19-14-18(32(34)35)12-13-20(19)27/h4-14,24H,3H2,1-2H3,(H,28,30)(H,29,33). The molecule has 1 aliphatic heterocycles. The molecule has 0 spiro atoms. The zero-order valence-electron chi connectivity index (χ0n) is 19.1. The summed E-state index contributed by atoms with van der Waals surface area (Å²) in [6.07, 6.45) is 0.895. The van der Waals surface area contributed by atoms with Gasteiger partial charge in [-0.1, -0.05) is 42.8 Å². The predicted molar refractivity (Wildman–Crippen MR) is 137 cm³/mol. The summed E-state index contributed by atoms with van der Waals surface area (Å²) >= 11 is 6.60. The van der Waals surface area contributed by atoms with Gasteiger partial charge >= 0.3 is 0 Å². The molecule has 4 aromatic rings. The number of amides is 1. The van der Waals surface area contributed by atoms with Crippen molar-refractivity contribution in [1.82, 2.24) is 9.55 Å². The lowest BCUT2D eigenvalue weighted by Gasteiger charge is -2.31. The Kier molecular flexibility index (Phi) is 5.74. The van der Waals surface area contributed by atoms with Crippen LogP contribution in [0.3, 0.4) is 0 Å². The second kappa shape index (κ2) is 8.88. The Morgan fingerprint density at radius 2 is 1.91 bits per heavy atom. The molecule has 35 heavy (non-hydrogen) atoms. The number of aryl methyl sites for hydroxylation is 1. The van der Waals surface area contributed by atoms with E-state index in [1.165, 1.54) is 18.2 Å². The van der Waals surface area contributed by atoms with Gasteiger partial charge in [0.1, 0.15) is 0 Å². The minimum atomic E-state index is -0.735. The maximum atomic E-state index is 13.7. The lowest BCUT2D eigenvalue weighted by atomic mass is 9.93. The molecule has 2 N–H and O–H groups in total. The molecule has 1 aromatic heterocycles. The van der Waals surface area contributed by atoms with Crippen molar-refractivity contribution in [2.45, 2.75) is 26.3 Å². The normalized spacial score (nSPS) is 15.0. The predicted octanol–water partition coefficient (Wildman–Crippen LogP) is 6.09. The van der Waals surface area contributed by atoms with Crippen LogP contribution in [0.2, 0.25) is 5.02 Å². The Labute approximate surface area is 206 Å². The van der Waals surface area contributed by atoms with Gasteiger partial charge in [-0.15, -0.1) is 0 Å². The van der Waals surface area contributed by atoms with E-state index in [0.717, 1.165) is 23.0 Å². The third-order valence-corrected chi connectivity index (χ3v) is 6.52. The lowest BCUT2D eigenvalue weighted by Crippen LogP contribution is -2.31. The van der Waals surface area contributed by atoms with Crippen LogP contribution in [-0.4, -0.2) is 20.4 Å². The van der Waals surface area contributed by atoms with Crippen LogP contribution in [-0.2, 0) is 11.2 Å². The van der Waals surface area contributed by atoms with Crippen molar-refractivity contribution in [1.29, 1.82) is 0 Å². The number of carbonyl (C=O) groups excluding carboxylic acids is 1. The first-order valence-corrected chi connectivity index (χ1v) is 11.5. The number of nitro groups is 1. The average Bonchev–Trinajstić information content (AvgIpc) is 3.21. The van der Waals surface area contributed by atoms with E-state index in [1.807, 2.05) is 53.1 Å². The molecular weight excluding hydrogens is 466 g/mol. The zero-order chi connectivity index (χ0) is 24.7. The van der Waals surface area contributed by atoms with Crippen molar-refractivity contribution >= 4 is 45.9 Å². The molecule has 0 bridgehead atoms. The summed E-state index contributed by atoms with van der Waals surface area (Å²) in [5.74, 6) is 0.190. The number of rotatable bonds is 5.